The first-order valence-electron chi connectivity index (χ1n) is 6.73. The van der Waals surface area contributed by atoms with Gasteiger partial charge in [0.2, 0.25) is 0 Å². The third-order valence-electron chi connectivity index (χ3n) is 3.42. The van der Waals surface area contributed by atoms with Crippen LogP contribution in [0.5, 0.6) is 5.75 Å². The van der Waals surface area contributed by atoms with Crippen molar-refractivity contribution in [1.82, 2.24) is 0 Å². The van der Waals surface area contributed by atoms with Gasteiger partial charge in [-0.1, -0.05) is 0 Å². The van der Waals surface area contributed by atoms with Crippen molar-refractivity contribution >= 4 is 23.2 Å². The van der Waals surface area contributed by atoms with Gasteiger partial charge in [-0.05, 0) is 42.5 Å². The maximum absolute atomic E-state index is 12.3. The highest BCUT2D eigenvalue weighted by molar-refractivity contribution is 6.34. The highest BCUT2D eigenvalue weighted by atomic mass is 19.1. The van der Waals surface area contributed by atoms with Crippen molar-refractivity contribution in [2.75, 3.05) is 23.4 Å². The molecule has 0 aromatic heterocycles. The number of rotatable bonds is 4. The molecule has 0 fully saturated rings. The number of hydrogen-bond acceptors (Lipinski definition) is 4. The molecule has 1 heterocycles. The third-order valence-corrected chi connectivity index (χ3v) is 3.42. The van der Waals surface area contributed by atoms with Crippen molar-refractivity contribution in [3.63, 3.8) is 0 Å². The fourth-order valence-electron chi connectivity index (χ4n) is 2.38. The third kappa shape index (κ3) is 2.28. The SMILES string of the molecule is O=C1c2ccc(O)cc2C(=O)N1c1ccc(NCCF)cc1. The maximum atomic E-state index is 12.3. The van der Waals surface area contributed by atoms with Crippen LogP contribution in [0.4, 0.5) is 15.8 Å². The maximum Gasteiger partial charge on any atom is 0.266 e. The molecule has 3 rings (SSSR count). The number of carbonyl (C=O) groups excluding carboxylic acids is 2. The highest BCUT2D eigenvalue weighted by Crippen LogP contribution is 2.30. The zero-order valence-electron chi connectivity index (χ0n) is 11.5. The van der Waals surface area contributed by atoms with Crippen molar-refractivity contribution < 1.29 is 19.1 Å². The van der Waals surface area contributed by atoms with Crippen LogP contribution in [-0.2, 0) is 0 Å². The predicted octanol–water partition coefficient (Wildman–Crippen LogP) is 2.57. The fraction of sp³-hybridized carbons (Fsp3) is 0.125. The standard InChI is InChI=1S/C16H13FN2O3/c17-7-8-18-10-1-3-11(4-2-10)19-15(21)13-6-5-12(20)9-14(13)16(19)22/h1-6,9,18,20H,7-8H2. The number of imide groups is 1. The van der Waals surface area contributed by atoms with Crippen molar-refractivity contribution in [1.29, 1.82) is 0 Å². The Morgan fingerprint density at radius 3 is 2.36 bits per heavy atom. The second kappa shape index (κ2) is 5.48. The van der Waals surface area contributed by atoms with Crippen molar-refractivity contribution in [3.05, 3.63) is 53.6 Å². The molecule has 0 radical (unpaired) electrons. The van der Waals surface area contributed by atoms with E-state index in [-0.39, 0.29) is 23.4 Å². The summed E-state index contributed by atoms with van der Waals surface area (Å²) in [6.45, 7) is -0.282. The predicted molar refractivity (Wildman–Crippen MR) is 80.2 cm³/mol. The molecule has 112 valence electrons. The largest absolute Gasteiger partial charge is 0.508 e. The smallest absolute Gasteiger partial charge is 0.266 e. The number of hydrogen-bond donors (Lipinski definition) is 2. The Morgan fingerprint density at radius 1 is 1.00 bits per heavy atom. The van der Waals surface area contributed by atoms with Gasteiger partial charge in [0.15, 0.2) is 0 Å². The van der Waals surface area contributed by atoms with Crippen LogP contribution in [0.25, 0.3) is 0 Å². The van der Waals surface area contributed by atoms with Gasteiger partial charge in [0.1, 0.15) is 12.4 Å². The van der Waals surface area contributed by atoms with E-state index in [0.29, 0.717) is 11.4 Å². The van der Waals surface area contributed by atoms with Crippen LogP contribution >= 0.6 is 0 Å². The lowest BCUT2D eigenvalue weighted by molar-refractivity contribution is 0.0926. The Labute approximate surface area is 126 Å². The Balaban J connectivity index is 1.90. The molecule has 0 bridgehead atoms. The number of carbonyl (C=O) groups is 2. The van der Waals surface area contributed by atoms with E-state index in [1.807, 2.05) is 0 Å². The Morgan fingerprint density at radius 2 is 1.68 bits per heavy atom. The van der Waals surface area contributed by atoms with E-state index in [1.165, 1.54) is 18.2 Å². The van der Waals surface area contributed by atoms with Gasteiger partial charge in [0.25, 0.3) is 11.8 Å². The molecule has 0 atom stereocenters. The van der Waals surface area contributed by atoms with Gasteiger partial charge in [-0.2, -0.15) is 0 Å². The first kappa shape index (κ1) is 14.1. The van der Waals surface area contributed by atoms with E-state index in [2.05, 4.69) is 5.32 Å². The zero-order chi connectivity index (χ0) is 15.7. The quantitative estimate of drug-likeness (QED) is 0.851. The minimum absolute atomic E-state index is 0.0625. The molecule has 0 saturated carbocycles. The normalized spacial score (nSPS) is 13.4. The summed E-state index contributed by atoms with van der Waals surface area (Å²) in [5, 5.41) is 12.3. The summed E-state index contributed by atoms with van der Waals surface area (Å²) in [5.41, 5.74) is 1.58. The van der Waals surface area contributed by atoms with Gasteiger partial charge >= 0.3 is 0 Å². The monoisotopic (exact) mass is 300 g/mol. The van der Waals surface area contributed by atoms with Crippen molar-refractivity contribution in [3.8, 4) is 5.75 Å². The molecule has 22 heavy (non-hydrogen) atoms. The van der Waals surface area contributed by atoms with Gasteiger partial charge in [0.05, 0.1) is 16.8 Å². The van der Waals surface area contributed by atoms with E-state index in [1.54, 1.807) is 24.3 Å². The number of nitrogens with zero attached hydrogens (tertiary/aromatic N) is 1. The topological polar surface area (TPSA) is 69.6 Å². The summed E-state index contributed by atoms with van der Waals surface area (Å²) in [7, 11) is 0. The molecule has 6 heteroatoms. The molecule has 0 unspecified atom stereocenters. The molecular formula is C16H13FN2O3. The molecular weight excluding hydrogens is 287 g/mol. The summed E-state index contributed by atoms with van der Waals surface area (Å²) in [6, 6.07) is 10.7. The van der Waals surface area contributed by atoms with Crippen LogP contribution in [0, 0.1) is 0 Å². The molecule has 2 aromatic rings. The Hall–Kier alpha value is -2.89. The van der Waals surface area contributed by atoms with Crippen LogP contribution in [0.2, 0.25) is 0 Å². The van der Waals surface area contributed by atoms with Gasteiger partial charge in [-0.3, -0.25) is 9.59 Å². The lowest BCUT2D eigenvalue weighted by Crippen LogP contribution is -2.29. The van der Waals surface area contributed by atoms with Gasteiger partial charge in [0, 0.05) is 12.2 Å². The van der Waals surface area contributed by atoms with E-state index < -0.39 is 18.5 Å². The number of anilines is 2. The molecule has 1 aliphatic heterocycles. The molecule has 2 aromatic carbocycles. The minimum Gasteiger partial charge on any atom is -0.508 e. The lowest BCUT2D eigenvalue weighted by atomic mass is 10.1. The Bertz CT molecular complexity index is 744. The number of benzene rings is 2. The second-order valence-electron chi connectivity index (χ2n) is 4.84. The average Bonchev–Trinajstić information content (AvgIpc) is 2.77. The van der Waals surface area contributed by atoms with Crippen LogP contribution < -0.4 is 10.2 Å². The molecule has 0 spiro atoms. The van der Waals surface area contributed by atoms with Crippen LogP contribution in [0.1, 0.15) is 20.7 Å². The number of phenolic OH excluding ortho intramolecular Hbond substituents is 1. The molecule has 0 saturated heterocycles. The number of halogens is 1. The van der Waals surface area contributed by atoms with Crippen LogP contribution in [0.15, 0.2) is 42.5 Å². The number of fused-ring (bicyclic) bond motifs is 1. The fourth-order valence-corrected chi connectivity index (χ4v) is 2.38. The number of aromatic hydroxyl groups is 1. The summed E-state index contributed by atoms with van der Waals surface area (Å²) in [6.07, 6.45) is 0. The Kier molecular flexibility index (Phi) is 3.50. The van der Waals surface area contributed by atoms with Gasteiger partial charge in [-0.25, -0.2) is 9.29 Å². The number of phenols is 1. The average molecular weight is 300 g/mol. The summed E-state index contributed by atoms with van der Waals surface area (Å²) in [5.74, 6) is -0.961. The summed E-state index contributed by atoms with van der Waals surface area (Å²) >= 11 is 0. The second-order valence-corrected chi connectivity index (χ2v) is 4.84. The van der Waals surface area contributed by atoms with Gasteiger partial charge < -0.3 is 10.4 Å². The number of alkyl halides is 1. The van der Waals surface area contributed by atoms with Gasteiger partial charge in [-0.15, -0.1) is 0 Å². The van der Waals surface area contributed by atoms with E-state index >= 15 is 0 Å². The van der Waals surface area contributed by atoms with Crippen molar-refractivity contribution in [2.24, 2.45) is 0 Å². The van der Waals surface area contributed by atoms with E-state index in [0.717, 1.165) is 4.90 Å². The molecule has 2 N–H and O–H groups in total. The summed E-state index contributed by atoms with van der Waals surface area (Å²) in [4.78, 5) is 25.7. The van der Waals surface area contributed by atoms with E-state index in [9.17, 15) is 19.1 Å². The molecule has 1 aliphatic rings. The minimum atomic E-state index is -0.482. The molecule has 5 nitrogen and oxygen atoms in total. The van der Waals surface area contributed by atoms with E-state index in [4.69, 9.17) is 0 Å². The molecule has 0 aliphatic carbocycles. The lowest BCUT2D eigenvalue weighted by Gasteiger charge is -2.14. The first-order chi connectivity index (χ1) is 10.6. The van der Waals surface area contributed by atoms with Crippen molar-refractivity contribution in [2.45, 2.75) is 0 Å². The van der Waals surface area contributed by atoms with Crippen LogP contribution in [0.3, 0.4) is 0 Å². The van der Waals surface area contributed by atoms with Crippen LogP contribution in [-0.4, -0.2) is 30.1 Å². The number of amides is 2. The zero-order valence-corrected chi connectivity index (χ0v) is 11.5. The summed E-state index contributed by atoms with van der Waals surface area (Å²) < 4.78 is 12.1. The first-order valence-corrected chi connectivity index (χ1v) is 6.73. The highest BCUT2D eigenvalue weighted by Gasteiger charge is 2.36. The number of nitrogens with one attached hydrogen (secondary N) is 1. The molecule has 2 amide bonds.